The number of anilines is 1. The van der Waals surface area contributed by atoms with Gasteiger partial charge in [0.25, 0.3) is 0 Å². The minimum atomic E-state index is -0.317. The van der Waals surface area contributed by atoms with Crippen LogP contribution in [0.5, 0.6) is 11.5 Å². The number of nitrogens with zero attached hydrogens (tertiary/aromatic N) is 1. The van der Waals surface area contributed by atoms with Gasteiger partial charge in [-0.25, -0.2) is 4.39 Å². The second-order valence-electron chi connectivity index (χ2n) is 5.82. The molecule has 0 aliphatic carbocycles. The van der Waals surface area contributed by atoms with E-state index in [1.165, 1.54) is 12.1 Å². The van der Waals surface area contributed by atoms with Crippen molar-refractivity contribution in [3.8, 4) is 11.5 Å². The van der Waals surface area contributed by atoms with Gasteiger partial charge in [-0.2, -0.15) is 0 Å². The molecular formula is C17H16BrFN2O. The van der Waals surface area contributed by atoms with Crippen LogP contribution in [-0.4, -0.2) is 12.6 Å². The van der Waals surface area contributed by atoms with Crippen molar-refractivity contribution in [3.63, 3.8) is 0 Å². The molecule has 2 aromatic rings. The summed E-state index contributed by atoms with van der Waals surface area (Å²) >= 11 is 3.49. The molecule has 0 saturated carbocycles. The third kappa shape index (κ3) is 2.11. The van der Waals surface area contributed by atoms with Crippen LogP contribution in [0.1, 0.15) is 24.4 Å². The number of benzene rings is 2. The van der Waals surface area contributed by atoms with Crippen molar-refractivity contribution in [1.82, 2.24) is 0 Å². The van der Waals surface area contributed by atoms with Crippen LogP contribution in [0.4, 0.5) is 10.1 Å². The molecule has 1 saturated heterocycles. The molecule has 114 valence electrons. The summed E-state index contributed by atoms with van der Waals surface area (Å²) in [6.45, 7) is 0.882. The number of para-hydroxylation sites is 1. The van der Waals surface area contributed by atoms with E-state index in [0.717, 1.165) is 36.4 Å². The molecule has 0 aromatic heterocycles. The average molecular weight is 363 g/mol. The Morgan fingerprint density at radius 1 is 1.23 bits per heavy atom. The Morgan fingerprint density at radius 3 is 2.91 bits per heavy atom. The first-order valence-electron chi connectivity index (χ1n) is 7.43. The van der Waals surface area contributed by atoms with Gasteiger partial charge in [-0.05, 0) is 40.9 Å². The lowest BCUT2D eigenvalue weighted by atomic mass is 9.90. The lowest BCUT2D eigenvalue weighted by Crippen LogP contribution is -2.45. The third-order valence-corrected chi connectivity index (χ3v) is 5.02. The molecule has 2 aliphatic heterocycles. The fourth-order valence-electron chi connectivity index (χ4n) is 3.51. The van der Waals surface area contributed by atoms with E-state index in [-0.39, 0.29) is 17.9 Å². The quantitative estimate of drug-likeness (QED) is 0.756. The van der Waals surface area contributed by atoms with Gasteiger partial charge in [-0.3, -0.25) is 0 Å². The van der Waals surface area contributed by atoms with E-state index < -0.39 is 0 Å². The fraction of sp³-hybridized carbons (Fsp3) is 0.294. The van der Waals surface area contributed by atoms with Crippen molar-refractivity contribution in [2.24, 2.45) is 5.73 Å². The van der Waals surface area contributed by atoms with Gasteiger partial charge in [0, 0.05) is 28.7 Å². The van der Waals surface area contributed by atoms with Crippen LogP contribution in [-0.2, 0) is 0 Å². The minimum absolute atomic E-state index is 0.0291. The van der Waals surface area contributed by atoms with Crippen LogP contribution >= 0.6 is 15.9 Å². The van der Waals surface area contributed by atoms with E-state index >= 15 is 0 Å². The van der Waals surface area contributed by atoms with Gasteiger partial charge in [0.1, 0.15) is 11.6 Å². The highest BCUT2D eigenvalue weighted by Crippen LogP contribution is 2.50. The van der Waals surface area contributed by atoms with Crippen molar-refractivity contribution >= 4 is 21.6 Å². The Balaban J connectivity index is 1.98. The second-order valence-corrected chi connectivity index (χ2v) is 6.67. The lowest BCUT2D eigenvalue weighted by molar-refractivity contribution is 0.408. The Hall–Kier alpha value is -1.59. The van der Waals surface area contributed by atoms with Gasteiger partial charge in [0.15, 0.2) is 5.75 Å². The van der Waals surface area contributed by atoms with E-state index in [1.807, 2.05) is 24.3 Å². The first-order chi connectivity index (χ1) is 10.6. The number of halogens is 2. The maximum Gasteiger partial charge on any atom is 0.154 e. The Labute approximate surface area is 137 Å². The van der Waals surface area contributed by atoms with Crippen molar-refractivity contribution in [2.45, 2.75) is 24.9 Å². The van der Waals surface area contributed by atoms with Crippen LogP contribution in [0.3, 0.4) is 0 Å². The van der Waals surface area contributed by atoms with Gasteiger partial charge in [0.05, 0.1) is 11.7 Å². The SMILES string of the molecule is NC1CCCN2c3c(Br)cc(F)cc3Oc3ccccc3C12. The molecule has 0 spiro atoms. The average Bonchev–Trinajstić information content (AvgIpc) is 2.61. The number of rotatable bonds is 0. The van der Waals surface area contributed by atoms with Crippen molar-refractivity contribution in [1.29, 1.82) is 0 Å². The summed E-state index contributed by atoms with van der Waals surface area (Å²) in [5.41, 5.74) is 8.38. The molecule has 1 fully saturated rings. The Kier molecular flexibility index (Phi) is 3.35. The molecule has 3 nitrogen and oxygen atoms in total. The van der Waals surface area contributed by atoms with Crippen LogP contribution < -0.4 is 15.4 Å². The van der Waals surface area contributed by atoms with E-state index in [1.54, 1.807) is 0 Å². The van der Waals surface area contributed by atoms with Crippen LogP contribution in [0.2, 0.25) is 0 Å². The zero-order valence-corrected chi connectivity index (χ0v) is 13.5. The Morgan fingerprint density at radius 2 is 2.05 bits per heavy atom. The van der Waals surface area contributed by atoms with Crippen molar-refractivity contribution in [2.75, 3.05) is 11.4 Å². The standard InChI is InChI=1S/C17H16BrFN2O/c18-12-8-10(19)9-15-17(12)21-7-3-5-13(20)16(21)11-4-1-2-6-14(11)22-15/h1-2,4,6,8-9,13,16H,3,5,7,20H2. The topological polar surface area (TPSA) is 38.5 Å². The fourth-order valence-corrected chi connectivity index (χ4v) is 4.15. The summed E-state index contributed by atoms with van der Waals surface area (Å²) in [6, 6.07) is 10.9. The maximum absolute atomic E-state index is 13.8. The molecule has 0 amide bonds. The van der Waals surface area contributed by atoms with Gasteiger partial charge in [-0.1, -0.05) is 18.2 Å². The molecule has 4 rings (SSSR count). The summed E-state index contributed by atoms with van der Waals surface area (Å²) in [6.07, 6.45) is 1.99. The summed E-state index contributed by atoms with van der Waals surface area (Å²) in [5.74, 6) is 0.977. The van der Waals surface area contributed by atoms with Crippen molar-refractivity contribution < 1.29 is 9.13 Å². The minimum Gasteiger partial charge on any atom is -0.455 e. The van der Waals surface area contributed by atoms with Gasteiger partial charge in [0.2, 0.25) is 0 Å². The Bertz CT molecular complexity index is 737. The molecule has 0 radical (unpaired) electrons. The van der Waals surface area contributed by atoms with E-state index in [2.05, 4.69) is 20.8 Å². The number of hydrogen-bond donors (Lipinski definition) is 1. The summed E-state index contributed by atoms with van der Waals surface area (Å²) in [5, 5.41) is 0. The molecule has 2 atom stereocenters. The molecule has 5 heteroatoms. The first-order valence-corrected chi connectivity index (χ1v) is 8.22. The number of piperidine rings is 1. The smallest absolute Gasteiger partial charge is 0.154 e. The molecule has 0 bridgehead atoms. The highest BCUT2D eigenvalue weighted by Gasteiger charge is 2.37. The number of hydrogen-bond acceptors (Lipinski definition) is 3. The summed E-state index contributed by atoms with van der Waals surface area (Å²) in [4.78, 5) is 2.25. The number of fused-ring (bicyclic) bond motifs is 5. The van der Waals surface area contributed by atoms with E-state index in [4.69, 9.17) is 10.5 Å². The zero-order chi connectivity index (χ0) is 15.3. The van der Waals surface area contributed by atoms with E-state index in [9.17, 15) is 4.39 Å². The molecule has 2 unspecified atom stereocenters. The van der Waals surface area contributed by atoms with Gasteiger partial charge < -0.3 is 15.4 Å². The third-order valence-electron chi connectivity index (χ3n) is 4.42. The van der Waals surface area contributed by atoms with Gasteiger partial charge >= 0.3 is 0 Å². The highest BCUT2D eigenvalue weighted by molar-refractivity contribution is 9.10. The monoisotopic (exact) mass is 362 g/mol. The normalized spacial score (nSPS) is 23.0. The van der Waals surface area contributed by atoms with E-state index in [0.29, 0.717) is 10.2 Å². The molecule has 2 heterocycles. The summed E-state index contributed by atoms with van der Waals surface area (Å²) in [7, 11) is 0. The predicted octanol–water partition coefficient (Wildman–Crippen LogP) is 4.36. The van der Waals surface area contributed by atoms with Crippen molar-refractivity contribution in [3.05, 3.63) is 52.3 Å². The van der Waals surface area contributed by atoms with Crippen LogP contribution in [0.15, 0.2) is 40.9 Å². The molecule has 2 aromatic carbocycles. The molecule has 2 N–H and O–H groups in total. The highest BCUT2D eigenvalue weighted by atomic mass is 79.9. The lowest BCUT2D eigenvalue weighted by Gasteiger charge is -2.41. The number of ether oxygens (including phenoxy) is 1. The second kappa shape index (κ2) is 5.25. The molecule has 22 heavy (non-hydrogen) atoms. The molecule has 2 aliphatic rings. The first kappa shape index (κ1) is 14.0. The van der Waals surface area contributed by atoms with Gasteiger partial charge in [-0.15, -0.1) is 0 Å². The van der Waals surface area contributed by atoms with Crippen LogP contribution in [0, 0.1) is 5.82 Å². The zero-order valence-electron chi connectivity index (χ0n) is 11.9. The molecular weight excluding hydrogens is 347 g/mol. The number of nitrogens with two attached hydrogens (primary N) is 1. The predicted molar refractivity (Wildman–Crippen MR) is 87.9 cm³/mol. The summed E-state index contributed by atoms with van der Waals surface area (Å²) < 4.78 is 20.6. The van der Waals surface area contributed by atoms with Crippen LogP contribution in [0.25, 0.3) is 0 Å². The largest absolute Gasteiger partial charge is 0.455 e. The maximum atomic E-state index is 13.8.